The lowest BCUT2D eigenvalue weighted by Gasteiger charge is -2.31. The SMILES string of the molecule is CC(C)(C)C(CCN)NC(=O)c1ccnnc1. The predicted octanol–water partition coefficient (Wildman–Crippen LogP) is 0.970. The summed E-state index contributed by atoms with van der Waals surface area (Å²) in [6, 6.07) is 1.69. The van der Waals surface area contributed by atoms with Gasteiger partial charge >= 0.3 is 0 Å². The van der Waals surface area contributed by atoms with Crippen molar-refractivity contribution in [3.63, 3.8) is 0 Å². The van der Waals surface area contributed by atoms with E-state index in [0.29, 0.717) is 12.1 Å². The molecule has 1 rings (SSSR count). The van der Waals surface area contributed by atoms with E-state index in [1.54, 1.807) is 6.07 Å². The van der Waals surface area contributed by atoms with E-state index in [9.17, 15) is 4.79 Å². The van der Waals surface area contributed by atoms with Crippen molar-refractivity contribution in [1.82, 2.24) is 15.5 Å². The maximum absolute atomic E-state index is 12.0. The van der Waals surface area contributed by atoms with Gasteiger partial charge in [-0.1, -0.05) is 20.8 Å². The van der Waals surface area contributed by atoms with Crippen LogP contribution in [0.25, 0.3) is 0 Å². The van der Waals surface area contributed by atoms with E-state index < -0.39 is 0 Å². The number of nitrogens with two attached hydrogens (primary N) is 1. The minimum Gasteiger partial charge on any atom is -0.349 e. The lowest BCUT2D eigenvalue weighted by molar-refractivity contribution is 0.0898. The highest BCUT2D eigenvalue weighted by Crippen LogP contribution is 2.21. The summed E-state index contributed by atoms with van der Waals surface area (Å²) < 4.78 is 0. The largest absolute Gasteiger partial charge is 0.349 e. The smallest absolute Gasteiger partial charge is 0.253 e. The molecule has 94 valence electrons. The molecule has 17 heavy (non-hydrogen) atoms. The van der Waals surface area contributed by atoms with Gasteiger partial charge in [-0.05, 0) is 24.4 Å². The number of hydrogen-bond acceptors (Lipinski definition) is 4. The number of nitrogens with one attached hydrogen (secondary N) is 1. The standard InChI is InChI=1S/C12H20N4O/c1-12(2,3)10(4-6-13)16-11(17)9-5-7-14-15-8-9/h5,7-8,10H,4,6,13H2,1-3H3,(H,16,17). The van der Waals surface area contributed by atoms with Crippen molar-refractivity contribution in [3.8, 4) is 0 Å². The van der Waals surface area contributed by atoms with E-state index in [0.717, 1.165) is 6.42 Å². The van der Waals surface area contributed by atoms with Crippen molar-refractivity contribution >= 4 is 5.91 Å². The molecule has 0 spiro atoms. The minimum atomic E-state index is -0.131. The number of hydrogen-bond donors (Lipinski definition) is 2. The molecule has 1 unspecified atom stereocenters. The van der Waals surface area contributed by atoms with Gasteiger partial charge in [0.1, 0.15) is 0 Å². The number of amides is 1. The van der Waals surface area contributed by atoms with Gasteiger partial charge in [-0.2, -0.15) is 10.2 Å². The van der Waals surface area contributed by atoms with E-state index in [2.05, 4.69) is 36.3 Å². The zero-order chi connectivity index (χ0) is 12.9. The van der Waals surface area contributed by atoms with Crippen LogP contribution in [0.3, 0.4) is 0 Å². The fraction of sp³-hybridized carbons (Fsp3) is 0.583. The molecule has 0 aliphatic heterocycles. The molecule has 0 saturated carbocycles. The van der Waals surface area contributed by atoms with Crippen LogP contribution in [0.15, 0.2) is 18.5 Å². The lowest BCUT2D eigenvalue weighted by atomic mass is 9.84. The average molecular weight is 236 g/mol. The number of carbonyl (C=O) groups excluding carboxylic acids is 1. The maximum atomic E-state index is 12.0. The summed E-state index contributed by atoms with van der Waals surface area (Å²) in [6.07, 6.45) is 3.72. The second-order valence-corrected chi connectivity index (χ2v) is 5.10. The highest BCUT2D eigenvalue weighted by molar-refractivity contribution is 5.93. The quantitative estimate of drug-likeness (QED) is 0.816. The highest BCUT2D eigenvalue weighted by atomic mass is 16.1. The molecule has 3 N–H and O–H groups in total. The van der Waals surface area contributed by atoms with E-state index in [1.165, 1.54) is 12.4 Å². The van der Waals surface area contributed by atoms with E-state index in [-0.39, 0.29) is 17.4 Å². The van der Waals surface area contributed by atoms with Crippen LogP contribution < -0.4 is 11.1 Å². The molecule has 0 aliphatic rings. The Morgan fingerprint density at radius 2 is 2.18 bits per heavy atom. The van der Waals surface area contributed by atoms with E-state index in [4.69, 9.17) is 5.73 Å². The van der Waals surface area contributed by atoms with Gasteiger partial charge in [-0.25, -0.2) is 0 Å². The summed E-state index contributed by atoms with van der Waals surface area (Å²) in [5, 5.41) is 10.3. The molecule has 5 nitrogen and oxygen atoms in total. The fourth-order valence-corrected chi connectivity index (χ4v) is 1.55. The molecule has 1 amide bonds. The Bertz CT molecular complexity index is 359. The normalized spacial score (nSPS) is 13.2. The molecule has 0 saturated heterocycles. The molecule has 1 heterocycles. The Balaban J connectivity index is 2.71. The van der Waals surface area contributed by atoms with Crippen molar-refractivity contribution < 1.29 is 4.79 Å². The van der Waals surface area contributed by atoms with Crippen LogP contribution in [0.2, 0.25) is 0 Å². The van der Waals surface area contributed by atoms with Crippen LogP contribution in [0.4, 0.5) is 0 Å². The predicted molar refractivity (Wildman–Crippen MR) is 66.4 cm³/mol. The van der Waals surface area contributed by atoms with Gasteiger partial charge in [0.2, 0.25) is 0 Å². The van der Waals surface area contributed by atoms with E-state index >= 15 is 0 Å². The molecular formula is C12H20N4O. The zero-order valence-corrected chi connectivity index (χ0v) is 10.6. The number of carbonyl (C=O) groups is 1. The van der Waals surface area contributed by atoms with Gasteiger partial charge in [0.15, 0.2) is 0 Å². The number of aromatic nitrogens is 2. The van der Waals surface area contributed by atoms with Gasteiger partial charge in [0.05, 0.1) is 18.0 Å². The van der Waals surface area contributed by atoms with Gasteiger partial charge in [-0.15, -0.1) is 0 Å². The Morgan fingerprint density at radius 1 is 1.47 bits per heavy atom. The fourth-order valence-electron chi connectivity index (χ4n) is 1.55. The zero-order valence-electron chi connectivity index (χ0n) is 10.6. The summed E-state index contributed by atoms with van der Waals surface area (Å²) in [5.74, 6) is -0.131. The molecule has 0 aliphatic carbocycles. The number of rotatable bonds is 4. The van der Waals surface area contributed by atoms with Crippen LogP contribution in [0.1, 0.15) is 37.6 Å². The van der Waals surface area contributed by atoms with Crippen molar-refractivity contribution in [2.75, 3.05) is 6.54 Å². The maximum Gasteiger partial charge on any atom is 0.253 e. The Labute approximate surface area is 102 Å². The third-order valence-electron chi connectivity index (χ3n) is 2.65. The van der Waals surface area contributed by atoms with Crippen LogP contribution in [-0.2, 0) is 0 Å². The first kappa shape index (κ1) is 13.6. The first-order valence-electron chi connectivity index (χ1n) is 5.73. The Kier molecular flexibility index (Phi) is 4.57. The van der Waals surface area contributed by atoms with Gasteiger partial charge in [0, 0.05) is 6.04 Å². The average Bonchev–Trinajstić information content (AvgIpc) is 2.28. The Morgan fingerprint density at radius 3 is 2.65 bits per heavy atom. The van der Waals surface area contributed by atoms with Crippen LogP contribution in [0.5, 0.6) is 0 Å². The van der Waals surface area contributed by atoms with Crippen molar-refractivity contribution in [2.45, 2.75) is 33.2 Å². The second kappa shape index (κ2) is 5.72. The first-order valence-corrected chi connectivity index (χ1v) is 5.73. The minimum absolute atomic E-state index is 0.0184. The van der Waals surface area contributed by atoms with E-state index in [1.807, 2.05) is 0 Å². The molecule has 0 bridgehead atoms. The summed E-state index contributed by atoms with van der Waals surface area (Å²) in [4.78, 5) is 12.0. The topological polar surface area (TPSA) is 80.9 Å². The molecule has 0 aromatic carbocycles. The van der Waals surface area contributed by atoms with Crippen LogP contribution in [-0.4, -0.2) is 28.7 Å². The first-order chi connectivity index (χ1) is 7.95. The second-order valence-electron chi connectivity index (χ2n) is 5.10. The number of nitrogens with zero attached hydrogens (tertiary/aromatic N) is 2. The molecular weight excluding hydrogens is 216 g/mol. The molecule has 5 heteroatoms. The molecule has 1 atom stereocenters. The highest BCUT2D eigenvalue weighted by Gasteiger charge is 2.25. The molecule has 1 aromatic rings. The van der Waals surface area contributed by atoms with Gasteiger partial charge < -0.3 is 11.1 Å². The summed E-state index contributed by atoms with van der Waals surface area (Å²) in [5.41, 5.74) is 6.07. The molecule has 1 aromatic heterocycles. The summed E-state index contributed by atoms with van der Waals surface area (Å²) in [7, 11) is 0. The van der Waals surface area contributed by atoms with Crippen molar-refractivity contribution in [3.05, 3.63) is 24.0 Å². The van der Waals surface area contributed by atoms with Gasteiger partial charge in [0.25, 0.3) is 5.91 Å². The lowest BCUT2D eigenvalue weighted by Crippen LogP contribution is -2.44. The molecule has 0 fully saturated rings. The third-order valence-corrected chi connectivity index (χ3v) is 2.65. The summed E-state index contributed by atoms with van der Waals surface area (Å²) >= 11 is 0. The van der Waals surface area contributed by atoms with Gasteiger partial charge in [-0.3, -0.25) is 4.79 Å². The van der Waals surface area contributed by atoms with Crippen LogP contribution in [0, 0.1) is 5.41 Å². The van der Waals surface area contributed by atoms with Crippen molar-refractivity contribution in [2.24, 2.45) is 11.1 Å². The third kappa shape index (κ3) is 4.11. The Hall–Kier alpha value is -1.49. The monoisotopic (exact) mass is 236 g/mol. The van der Waals surface area contributed by atoms with Crippen molar-refractivity contribution in [1.29, 1.82) is 0 Å². The molecule has 0 radical (unpaired) electrons. The summed E-state index contributed by atoms with van der Waals surface area (Å²) in [6.45, 7) is 6.80. The van der Waals surface area contributed by atoms with Crippen LogP contribution >= 0.6 is 0 Å².